The zero-order valence-corrected chi connectivity index (χ0v) is 9.73. The summed E-state index contributed by atoms with van der Waals surface area (Å²) in [4.78, 5) is 10.9. The van der Waals surface area contributed by atoms with Gasteiger partial charge in [0.25, 0.3) is 0 Å². The molecule has 0 saturated carbocycles. The zero-order chi connectivity index (χ0) is 12.0. The largest absolute Gasteiger partial charge is 0.497 e. The molecule has 0 aromatic rings. The van der Waals surface area contributed by atoms with Crippen LogP contribution in [0.5, 0.6) is 0 Å². The van der Waals surface area contributed by atoms with Gasteiger partial charge in [-0.25, -0.2) is 4.79 Å². The number of hydrogen-bond acceptors (Lipinski definition) is 4. The highest BCUT2D eigenvalue weighted by atomic mass is 16.5. The van der Waals surface area contributed by atoms with E-state index in [1.165, 1.54) is 13.2 Å². The van der Waals surface area contributed by atoms with Crippen LogP contribution in [0.15, 0.2) is 35.8 Å². The van der Waals surface area contributed by atoms with Gasteiger partial charge in [-0.3, -0.25) is 0 Å². The number of methoxy groups -OCH3 is 3. The van der Waals surface area contributed by atoms with Crippen molar-refractivity contribution >= 4 is 5.97 Å². The SMILES string of the molecule is COC(=O)C=CC1C=CC(OC)=C(OC)C1. The Morgan fingerprint density at radius 2 is 2.12 bits per heavy atom. The second-order valence-corrected chi connectivity index (χ2v) is 3.31. The Hall–Kier alpha value is -1.71. The van der Waals surface area contributed by atoms with Gasteiger partial charge in [0.05, 0.1) is 21.3 Å². The average Bonchev–Trinajstić information content (AvgIpc) is 2.35. The lowest BCUT2D eigenvalue weighted by molar-refractivity contribution is -0.134. The number of allylic oxidation sites excluding steroid dienone is 4. The minimum Gasteiger partial charge on any atom is -0.497 e. The number of ether oxygens (including phenoxy) is 3. The summed E-state index contributed by atoms with van der Waals surface area (Å²) in [5.74, 6) is 1.29. The maximum atomic E-state index is 10.9. The molecule has 1 atom stereocenters. The molecule has 0 aromatic heterocycles. The minimum absolute atomic E-state index is 0.132. The van der Waals surface area contributed by atoms with Crippen LogP contribution in [0.25, 0.3) is 0 Å². The maximum absolute atomic E-state index is 10.9. The van der Waals surface area contributed by atoms with Crippen molar-refractivity contribution in [2.45, 2.75) is 6.42 Å². The first-order valence-electron chi connectivity index (χ1n) is 4.96. The average molecular weight is 224 g/mol. The van der Waals surface area contributed by atoms with Crippen molar-refractivity contribution in [3.8, 4) is 0 Å². The second-order valence-electron chi connectivity index (χ2n) is 3.31. The van der Waals surface area contributed by atoms with Gasteiger partial charge < -0.3 is 14.2 Å². The molecule has 88 valence electrons. The normalized spacial score (nSPS) is 20.1. The lowest BCUT2D eigenvalue weighted by Gasteiger charge is -2.18. The molecule has 0 bridgehead atoms. The van der Waals surface area contributed by atoms with E-state index in [9.17, 15) is 4.79 Å². The fourth-order valence-electron chi connectivity index (χ4n) is 1.45. The van der Waals surface area contributed by atoms with Crippen molar-refractivity contribution < 1.29 is 19.0 Å². The molecule has 0 spiro atoms. The van der Waals surface area contributed by atoms with Gasteiger partial charge in [0, 0.05) is 18.4 Å². The number of esters is 1. The molecule has 0 heterocycles. The smallest absolute Gasteiger partial charge is 0.330 e. The van der Waals surface area contributed by atoms with Gasteiger partial charge in [0.2, 0.25) is 0 Å². The van der Waals surface area contributed by atoms with Gasteiger partial charge >= 0.3 is 5.97 Å². The van der Waals surface area contributed by atoms with Crippen LogP contribution in [-0.4, -0.2) is 27.3 Å². The Kier molecular flexibility index (Phi) is 4.64. The summed E-state index contributed by atoms with van der Waals surface area (Å²) in [6.45, 7) is 0. The molecule has 4 nitrogen and oxygen atoms in total. The van der Waals surface area contributed by atoms with Crippen molar-refractivity contribution in [1.82, 2.24) is 0 Å². The van der Waals surface area contributed by atoms with Crippen LogP contribution in [0.3, 0.4) is 0 Å². The Balaban J connectivity index is 2.65. The highest BCUT2D eigenvalue weighted by Crippen LogP contribution is 2.25. The van der Waals surface area contributed by atoms with Gasteiger partial charge in [-0.05, 0) is 6.08 Å². The van der Waals surface area contributed by atoms with Crippen LogP contribution >= 0.6 is 0 Å². The molecular weight excluding hydrogens is 208 g/mol. The molecule has 4 heteroatoms. The summed E-state index contributed by atoms with van der Waals surface area (Å²) in [7, 11) is 4.56. The summed E-state index contributed by atoms with van der Waals surface area (Å²) in [6.07, 6.45) is 7.69. The van der Waals surface area contributed by atoms with Crippen LogP contribution in [-0.2, 0) is 19.0 Å². The van der Waals surface area contributed by atoms with Crippen LogP contribution in [0.1, 0.15) is 6.42 Å². The molecule has 0 aromatic carbocycles. The first kappa shape index (κ1) is 12.4. The predicted molar refractivity (Wildman–Crippen MR) is 59.4 cm³/mol. The van der Waals surface area contributed by atoms with Crippen molar-refractivity contribution in [2.24, 2.45) is 5.92 Å². The van der Waals surface area contributed by atoms with E-state index < -0.39 is 0 Å². The van der Waals surface area contributed by atoms with Crippen molar-refractivity contribution in [3.63, 3.8) is 0 Å². The third kappa shape index (κ3) is 3.15. The standard InChI is InChI=1S/C12H16O4/c1-14-10-6-4-9(8-11(10)15-2)5-7-12(13)16-3/h4-7,9H,8H2,1-3H3. The summed E-state index contributed by atoms with van der Waals surface area (Å²) in [5, 5.41) is 0. The van der Waals surface area contributed by atoms with Crippen molar-refractivity contribution in [1.29, 1.82) is 0 Å². The predicted octanol–water partition coefficient (Wildman–Crippen LogP) is 1.80. The lowest BCUT2D eigenvalue weighted by Crippen LogP contribution is -2.07. The molecule has 0 amide bonds. The van der Waals surface area contributed by atoms with E-state index in [2.05, 4.69) is 4.74 Å². The monoisotopic (exact) mass is 224 g/mol. The van der Waals surface area contributed by atoms with Crippen LogP contribution in [0, 0.1) is 5.92 Å². The molecule has 0 N–H and O–H groups in total. The van der Waals surface area contributed by atoms with Gasteiger partial charge in [0.1, 0.15) is 5.76 Å². The molecule has 0 radical (unpaired) electrons. The zero-order valence-electron chi connectivity index (χ0n) is 9.73. The fourth-order valence-corrected chi connectivity index (χ4v) is 1.45. The third-order valence-electron chi connectivity index (χ3n) is 2.34. The molecule has 1 aliphatic carbocycles. The second kappa shape index (κ2) is 6.00. The summed E-state index contributed by atoms with van der Waals surface area (Å²) in [5.41, 5.74) is 0. The molecule has 1 unspecified atom stereocenters. The summed E-state index contributed by atoms with van der Waals surface area (Å²) >= 11 is 0. The summed E-state index contributed by atoms with van der Waals surface area (Å²) in [6, 6.07) is 0. The van der Waals surface area contributed by atoms with Gasteiger partial charge in [-0.1, -0.05) is 12.2 Å². The van der Waals surface area contributed by atoms with E-state index in [1.807, 2.05) is 12.2 Å². The van der Waals surface area contributed by atoms with Gasteiger partial charge in [-0.2, -0.15) is 0 Å². The Morgan fingerprint density at radius 3 is 2.69 bits per heavy atom. The van der Waals surface area contributed by atoms with Crippen molar-refractivity contribution in [2.75, 3.05) is 21.3 Å². The maximum Gasteiger partial charge on any atom is 0.330 e. The molecular formula is C12H16O4. The molecule has 1 rings (SSSR count). The number of carbonyl (C=O) groups excluding carboxylic acids is 1. The first-order valence-corrected chi connectivity index (χ1v) is 4.96. The Bertz CT molecular complexity index is 339. The van der Waals surface area contributed by atoms with Crippen LogP contribution in [0.2, 0.25) is 0 Å². The molecule has 1 aliphatic rings. The lowest BCUT2D eigenvalue weighted by atomic mass is 9.98. The molecule has 0 fully saturated rings. The molecule has 0 saturated heterocycles. The van der Waals surface area contributed by atoms with E-state index in [1.54, 1.807) is 20.3 Å². The van der Waals surface area contributed by atoms with E-state index in [4.69, 9.17) is 9.47 Å². The van der Waals surface area contributed by atoms with E-state index in [-0.39, 0.29) is 11.9 Å². The quantitative estimate of drug-likeness (QED) is 0.539. The fraction of sp³-hybridized carbons (Fsp3) is 0.417. The Morgan fingerprint density at radius 1 is 1.38 bits per heavy atom. The van der Waals surface area contributed by atoms with E-state index >= 15 is 0 Å². The number of carbonyl (C=O) groups is 1. The van der Waals surface area contributed by atoms with E-state index in [0.717, 1.165) is 11.5 Å². The summed E-state index contributed by atoms with van der Waals surface area (Å²) < 4.78 is 14.9. The van der Waals surface area contributed by atoms with E-state index in [0.29, 0.717) is 6.42 Å². The van der Waals surface area contributed by atoms with Gasteiger partial charge in [-0.15, -0.1) is 0 Å². The molecule has 0 aliphatic heterocycles. The Labute approximate surface area is 95.2 Å². The van der Waals surface area contributed by atoms with Crippen LogP contribution in [0.4, 0.5) is 0 Å². The number of rotatable bonds is 4. The topological polar surface area (TPSA) is 44.8 Å². The first-order chi connectivity index (χ1) is 7.71. The third-order valence-corrected chi connectivity index (χ3v) is 2.34. The van der Waals surface area contributed by atoms with Crippen LogP contribution < -0.4 is 0 Å². The highest BCUT2D eigenvalue weighted by molar-refractivity contribution is 5.81. The van der Waals surface area contributed by atoms with Gasteiger partial charge in [0.15, 0.2) is 5.76 Å². The highest BCUT2D eigenvalue weighted by Gasteiger charge is 2.15. The number of hydrogen-bond donors (Lipinski definition) is 0. The molecule has 16 heavy (non-hydrogen) atoms. The minimum atomic E-state index is -0.353. The van der Waals surface area contributed by atoms with Crippen molar-refractivity contribution in [3.05, 3.63) is 35.8 Å².